The first-order chi connectivity index (χ1) is 73.0. The molecule has 39 heteroatoms. The maximum absolute atomic E-state index is 11.8. The number of ketones is 1. The number of β-amino-alcohol motifs (C(OH)–C–C–N with tert-alkyl or cyclic N) is 1. The number of aliphatic hydroxyl groups is 3. The molecule has 2 unspecified atom stereocenters. The van der Waals surface area contributed by atoms with E-state index in [2.05, 4.69) is 110 Å². The molecule has 25 rings (SSSR count). The van der Waals surface area contributed by atoms with E-state index in [-0.39, 0.29) is 29.9 Å². The molecule has 0 amide bonds. The topological polar surface area (TPSA) is 479 Å². The number of imidazole rings is 1. The van der Waals surface area contributed by atoms with E-state index < -0.39 is 16.8 Å². The molecule has 15 aromatic heterocycles. The molecule has 5 fully saturated rings. The molecule has 5 saturated heterocycles. The zero-order valence-electron chi connectivity index (χ0n) is 83.0. The van der Waals surface area contributed by atoms with Gasteiger partial charge in [0, 0.05) is 190 Å². The Hall–Kier alpha value is -18.4. The van der Waals surface area contributed by atoms with Gasteiger partial charge in [-0.2, -0.15) is 49.8 Å². The minimum absolute atomic E-state index is 0.0656. The van der Waals surface area contributed by atoms with E-state index in [1.165, 1.54) is 5.69 Å². The molecule has 0 radical (unpaired) electrons. The Morgan fingerprint density at radius 3 is 1.05 bits per heavy atom. The van der Waals surface area contributed by atoms with Crippen LogP contribution in [0.2, 0.25) is 0 Å². The lowest BCUT2D eigenvalue weighted by Gasteiger charge is -2.41. The summed E-state index contributed by atoms with van der Waals surface area (Å²) in [5.41, 5.74) is 36.5. The molecule has 20 aromatic rings. The summed E-state index contributed by atoms with van der Waals surface area (Å²) in [5.74, 6) is 5.98. The molecule has 0 aliphatic carbocycles. The van der Waals surface area contributed by atoms with Gasteiger partial charge in [-0.1, -0.05) is 91.0 Å². The van der Waals surface area contributed by atoms with Crippen LogP contribution in [0.15, 0.2) is 318 Å². The van der Waals surface area contributed by atoms with Gasteiger partial charge in [-0.25, -0.2) is 4.98 Å². The molecule has 150 heavy (non-hydrogen) atoms. The average Bonchev–Trinajstić information content (AvgIpc) is 1.59. The zero-order chi connectivity index (χ0) is 103. The highest BCUT2D eigenvalue weighted by Crippen LogP contribution is 2.41. The Bertz CT molecular complexity index is 8070. The number of piperidine rings is 2. The number of para-hydroxylation sites is 1. The first-order valence-electron chi connectivity index (χ1n) is 49.8. The number of aromatic hydroxyl groups is 2. The Balaban J connectivity index is 0.000000110. The SMILES string of the molecule is CC(=O)CN(C)c1nc(N2CCN(c3ccccc3)CC2)nc2c1ncn2-c1ccncc1.CC1CN(c2nc(N)c3ccn(-c4ccncc4)c3n2)CCN1c1ccc(O)cc1.Nc1nc(N2CCC(O)(c3ccc(O)cc3)CC2)nc2c1ccn2-c1ccncc1.Nc1nc(N2CCC(O)(c3ccccc3)C2)nc2c1ccn2-c1ccncc1.Nc1nc(N2CCC(O)(c3ccccc3)CC2)nc2c1ccn2-c1ccncc1. The number of nitrogens with zero attached hydrogens (tertiary/aromatic N) is 29. The second kappa shape index (κ2) is 42.4. The number of nitrogen functional groups attached to an aromatic ring is 4. The number of rotatable bonds is 18. The Morgan fingerprint density at radius 2 is 0.653 bits per heavy atom. The number of likely N-dealkylation sites (N-methyl/N-ethyl adjacent to an activating group) is 1. The maximum atomic E-state index is 11.8. The van der Waals surface area contributed by atoms with Gasteiger partial charge in [-0.15, -0.1) is 0 Å². The van der Waals surface area contributed by atoms with Crippen molar-refractivity contribution in [2.45, 2.75) is 68.8 Å². The normalized spacial score (nSPS) is 16.4. The number of carbonyl (C=O) groups excluding carboxylic acids is 1. The number of nitrogens with two attached hydrogens (primary N) is 4. The Labute approximate surface area is 863 Å². The van der Waals surface area contributed by atoms with Crippen LogP contribution < -0.4 is 62.1 Å². The summed E-state index contributed by atoms with van der Waals surface area (Å²) in [6.45, 7) is 13.4. The fraction of sp³-hybridized carbons (Fsp3) is 0.234. The van der Waals surface area contributed by atoms with Crippen molar-refractivity contribution < 1.29 is 30.3 Å². The number of carbonyl (C=O) groups is 1. The highest BCUT2D eigenvalue weighted by atomic mass is 16.3. The molecule has 0 spiro atoms. The smallest absolute Gasteiger partial charge is 0.229 e. The van der Waals surface area contributed by atoms with Crippen LogP contribution in [-0.4, -0.2) is 239 Å². The second-order valence-corrected chi connectivity index (χ2v) is 37.9. The predicted molar refractivity (Wildman–Crippen MR) is 583 cm³/mol. The maximum Gasteiger partial charge on any atom is 0.229 e. The van der Waals surface area contributed by atoms with Crippen LogP contribution in [0.25, 0.3) is 83.7 Å². The van der Waals surface area contributed by atoms with Gasteiger partial charge < -0.3 is 106 Å². The van der Waals surface area contributed by atoms with Crippen LogP contribution in [0.4, 0.5) is 70.2 Å². The molecule has 5 aliphatic rings. The van der Waals surface area contributed by atoms with Gasteiger partial charge in [-0.05, 0) is 196 Å². The molecule has 0 saturated carbocycles. The van der Waals surface area contributed by atoms with E-state index in [1.807, 2.05) is 228 Å². The minimum Gasteiger partial charge on any atom is -0.508 e. The molecule has 758 valence electrons. The summed E-state index contributed by atoms with van der Waals surface area (Å²) in [6, 6.07) is 71.3. The van der Waals surface area contributed by atoms with Gasteiger partial charge in [0.15, 0.2) is 39.6 Å². The van der Waals surface area contributed by atoms with Gasteiger partial charge in [0.05, 0.1) is 74.3 Å². The standard InChI is InChI=1S/C24H26N8O.C22H23N7O.C22H22N6O2.C22H22N6O.C21H20N6O/c1-18(33)16-29(2)22-21-23(32(17-26-21)20-8-10-25-11-9-20)28-24(27-22)31-14-12-30(13-15-31)19-6-4-3-5-7-19;1-15-14-27(12-13-28(15)16-2-4-18(30)5-3-16)22-25-20(23)19-8-11-29(21(19)26-22)17-6-9-24-10-7-17;23-19-18-7-12-28(16-5-10-24-11-6-16)20(18)26-21(25-19)27-13-8-22(30,9-14-27)15-1-3-17(29)4-2-15;23-19-18-8-13-28(17-6-11-24-12-7-17)20(18)26-21(25-19)27-14-9-22(29,10-15-27)16-4-2-1-3-5-16;22-18-17-8-12-27(16-6-10-23-11-7-16)19(17)25-20(24-18)26-13-9-21(28,14-26)15-4-2-1-3-5-15/h3-11,17H,12-16H2,1-2H3;2-11,15,30H,12-14H2,1H3,(H2,23,25,26);1-7,10-12,29-30H,8-9,13-14H2,(H2,23,25,26);1-8,11-13,29H,9-10,14-15H2,(H2,23,25,26);1-8,10-12,28H,9,13-14H2,(H2,22,24,25). The second-order valence-electron chi connectivity index (χ2n) is 37.9. The summed E-state index contributed by atoms with van der Waals surface area (Å²) in [5, 5.41) is 55.6. The van der Waals surface area contributed by atoms with E-state index in [0.717, 1.165) is 141 Å². The molecule has 20 heterocycles. The number of piperazine rings is 2. The lowest BCUT2D eigenvalue weighted by Crippen LogP contribution is -2.52. The molecule has 5 aliphatic heterocycles. The van der Waals surface area contributed by atoms with Crippen LogP contribution in [-0.2, 0) is 21.6 Å². The van der Waals surface area contributed by atoms with Crippen LogP contribution in [0.1, 0.15) is 62.6 Å². The number of Topliss-reactive ketones (excluding diaryl/α,β-unsaturated/α-hetero) is 1. The third-order valence-electron chi connectivity index (χ3n) is 28.2. The number of aromatic nitrogens is 21. The molecule has 39 nitrogen and oxygen atoms in total. The van der Waals surface area contributed by atoms with E-state index in [4.69, 9.17) is 52.8 Å². The highest BCUT2D eigenvalue weighted by Gasteiger charge is 2.41. The van der Waals surface area contributed by atoms with Gasteiger partial charge in [0.25, 0.3) is 0 Å². The molecular formula is C111H113N33O6. The largest absolute Gasteiger partial charge is 0.508 e. The van der Waals surface area contributed by atoms with E-state index >= 15 is 0 Å². The summed E-state index contributed by atoms with van der Waals surface area (Å²) in [7, 11) is 1.87. The van der Waals surface area contributed by atoms with Crippen LogP contribution >= 0.6 is 0 Å². The van der Waals surface area contributed by atoms with E-state index in [9.17, 15) is 30.3 Å². The lowest BCUT2D eigenvalue weighted by atomic mass is 9.84. The van der Waals surface area contributed by atoms with Crippen LogP contribution in [0.3, 0.4) is 0 Å². The fourth-order valence-electron chi connectivity index (χ4n) is 20.1. The number of phenolic OH excluding ortho intramolecular Hbond substituents is 2. The summed E-state index contributed by atoms with van der Waals surface area (Å²) >= 11 is 0. The van der Waals surface area contributed by atoms with E-state index in [0.29, 0.717) is 141 Å². The van der Waals surface area contributed by atoms with Crippen molar-refractivity contribution in [3.63, 3.8) is 0 Å². The van der Waals surface area contributed by atoms with Gasteiger partial charge in [0.1, 0.15) is 52.5 Å². The van der Waals surface area contributed by atoms with Crippen LogP contribution in [0.5, 0.6) is 11.5 Å². The first-order valence-corrected chi connectivity index (χ1v) is 49.8. The number of pyridine rings is 5. The van der Waals surface area contributed by atoms with Crippen molar-refractivity contribution in [1.29, 1.82) is 0 Å². The number of phenols is 2. The van der Waals surface area contributed by atoms with Crippen molar-refractivity contribution in [2.24, 2.45) is 0 Å². The Kier molecular flexibility index (Phi) is 27.6. The van der Waals surface area contributed by atoms with E-state index in [1.54, 1.807) is 112 Å². The lowest BCUT2D eigenvalue weighted by molar-refractivity contribution is -0.115. The van der Waals surface area contributed by atoms with Crippen LogP contribution in [0, 0.1) is 0 Å². The van der Waals surface area contributed by atoms with Gasteiger partial charge in [0.2, 0.25) is 29.7 Å². The highest BCUT2D eigenvalue weighted by molar-refractivity contribution is 5.93. The predicted octanol–water partition coefficient (Wildman–Crippen LogP) is 13.4. The minimum atomic E-state index is -0.933. The fourth-order valence-corrected chi connectivity index (χ4v) is 20.1. The molecule has 2 atom stereocenters. The molecular weight excluding hydrogens is 1890 g/mol. The van der Waals surface area contributed by atoms with Gasteiger partial charge >= 0.3 is 0 Å². The monoisotopic (exact) mass is 2000 g/mol. The quantitative estimate of drug-likeness (QED) is 0.0385. The summed E-state index contributed by atoms with van der Waals surface area (Å²) in [6.07, 6.45) is 29.9. The number of hydrogen-bond acceptors (Lipinski definition) is 34. The number of fused-ring (bicyclic) bond motifs is 5. The number of benzene rings is 5. The summed E-state index contributed by atoms with van der Waals surface area (Å²) < 4.78 is 9.87. The molecule has 0 bridgehead atoms. The van der Waals surface area contributed by atoms with Crippen molar-refractivity contribution in [3.05, 3.63) is 334 Å². The third kappa shape index (κ3) is 20.6. The van der Waals surface area contributed by atoms with Crippen molar-refractivity contribution in [1.82, 2.24) is 103 Å². The number of hydrogen-bond donors (Lipinski definition) is 9. The van der Waals surface area contributed by atoms with Crippen molar-refractivity contribution in [2.75, 3.05) is 161 Å². The zero-order valence-corrected chi connectivity index (χ0v) is 83.0. The average molecular weight is 2010 g/mol. The van der Waals surface area contributed by atoms with Gasteiger partial charge in [-0.3, -0.25) is 34.3 Å². The van der Waals surface area contributed by atoms with Crippen molar-refractivity contribution in [3.8, 4) is 39.9 Å². The third-order valence-corrected chi connectivity index (χ3v) is 28.2. The Morgan fingerprint density at radius 1 is 0.333 bits per heavy atom. The first kappa shape index (κ1) is 97.7. The molecule has 5 aromatic carbocycles. The summed E-state index contributed by atoms with van der Waals surface area (Å²) in [4.78, 5) is 101. The molecule has 13 N–H and O–H groups in total. The van der Waals surface area contributed by atoms with Crippen molar-refractivity contribution >= 4 is 131 Å². The number of anilines is 12.